The number of hydrogen-bond acceptors (Lipinski definition) is 5. The first kappa shape index (κ1) is 12.1. The van der Waals surface area contributed by atoms with Crippen LogP contribution in [0.2, 0.25) is 0 Å². The van der Waals surface area contributed by atoms with Crippen molar-refractivity contribution in [1.29, 1.82) is 0 Å². The summed E-state index contributed by atoms with van der Waals surface area (Å²) in [4.78, 5) is 24.9. The Balaban J connectivity index is 1.69. The lowest BCUT2D eigenvalue weighted by Crippen LogP contribution is -2.48. The van der Waals surface area contributed by atoms with Gasteiger partial charge in [0.15, 0.2) is 0 Å². The Morgan fingerprint density at radius 1 is 1.39 bits per heavy atom. The van der Waals surface area contributed by atoms with Crippen LogP contribution in [0.4, 0.5) is 0 Å². The first-order chi connectivity index (χ1) is 8.79. The van der Waals surface area contributed by atoms with Crippen molar-refractivity contribution in [1.82, 2.24) is 14.9 Å². The van der Waals surface area contributed by atoms with Gasteiger partial charge in [0.05, 0.1) is 12.6 Å². The van der Waals surface area contributed by atoms with E-state index in [2.05, 4.69) is 4.98 Å². The lowest BCUT2D eigenvalue weighted by molar-refractivity contribution is -0.147. The molecule has 1 aromatic rings. The van der Waals surface area contributed by atoms with Crippen LogP contribution in [0.25, 0.3) is 0 Å². The van der Waals surface area contributed by atoms with Crippen molar-refractivity contribution in [2.24, 2.45) is 0 Å². The molecule has 1 saturated carbocycles. The summed E-state index contributed by atoms with van der Waals surface area (Å²) in [5, 5.41) is 1.88. The van der Waals surface area contributed by atoms with Gasteiger partial charge in [0, 0.05) is 31.1 Å². The molecule has 1 aliphatic heterocycles. The molecule has 2 fully saturated rings. The average Bonchev–Trinajstić information content (AvgIpc) is 3.15. The van der Waals surface area contributed by atoms with Crippen molar-refractivity contribution in [3.05, 3.63) is 16.1 Å². The van der Waals surface area contributed by atoms with E-state index < -0.39 is 0 Å². The van der Waals surface area contributed by atoms with Crippen LogP contribution in [-0.4, -0.2) is 54.1 Å². The Morgan fingerprint density at radius 2 is 2.11 bits per heavy atom. The Bertz CT molecular complexity index is 436. The molecular weight excluding hydrogens is 250 g/mol. The molecule has 98 valence electrons. The quantitative estimate of drug-likeness (QED) is 0.829. The summed E-state index contributed by atoms with van der Waals surface area (Å²) < 4.78 is 0. The van der Waals surface area contributed by atoms with Crippen LogP contribution in [0.5, 0.6) is 0 Å². The molecule has 0 unspecified atom stereocenters. The zero-order valence-corrected chi connectivity index (χ0v) is 11.3. The fourth-order valence-corrected chi connectivity index (χ4v) is 3.23. The fourth-order valence-electron chi connectivity index (χ4n) is 2.27. The molecule has 0 aromatic carbocycles. The molecule has 0 atom stereocenters. The van der Waals surface area contributed by atoms with E-state index in [1.54, 1.807) is 24.0 Å². The summed E-state index contributed by atoms with van der Waals surface area (Å²) in [5.41, 5.74) is 2.49. The Hall–Kier alpha value is -0.980. The molecule has 6 heteroatoms. The van der Waals surface area contributed by atoms with Crippen LogP contribution in [0, 0.1) is 0 Å². The second-order valence-corrected chi connectivity index (χ2v) is 5.63. The maximum Gasteiger partial charge on any atom is 0.273 e. The van der Waals surface area contributed by atoms with Gasteiger partial charge in [-0.2, -0.15) is 5.06 Å². The molecule has 2 heterocycles. The minimum atomic E-state index is 0.0916. The number of hydroxylamine groups is 2. The van der Waals surface area contributed by atoms with E-state index in [0.717, 1.165) is 13.1 Å². The molecule has 0 N–H and O–H groups in total. The number of piperazine rings is 1. The van der Waals surface area contributed by atoms with Gasteiger partial charge in [-0.3, -0.25) is 4.79 Å². The average molecular weight is 267 g/mol. The van der Waals surface area contributed by atoms with Crippen LogP contribution in [-0.2, 0) is 4.84 Å². The molecule has 3 rings (SSSR count). The van der Waals surface area contributed by atoms with E-state index in [9.17, 15) is 4.79 Å². The third-order valence-electron chi connectivity index (χ3n) is 3.53. The third-order valence-corrected chi connectivity index (χ3v) is 4.52. The molecule has 1 aromatic heterocycles. The highest BCUT2D eigenvalue weighted by molar-refractivity contribution is 7.10. The number of rotatable bonds is 3. The van der Waals surface area contributed by atoms with Crippen LogP contribution in [0.3, 0.4) is 0 Å². The Kier molecular flexibility index (Phi) is 3.32. The van der Waals surface area contributed by atoms with Crippen molar-refractivity contribution in [3.8, 4) is 0 Å². The zero-order valence-electron chi connectivity index (χ0n) is 10.5. The van der Waals surface area contributed by atoms with Crippen molar-refractivity contribution >= 4 is 17.2 Å². The van der Waals surface area contributed by atoms with Gasteiger partial charge in [0.1, 0.15) is 5.69 Å². The molecule has 1 saturated heterocycles. The molecule has 0 spiro atoms. The summed E-state index contributed by atoms with van der Waals surface area (Å²) in [6.45, 7) is 2.97. The molecule has 0 radical (unpaired) electrons. The van der Waals surface area contributed by atoms with Crippen molar-refractivity contribution in [2.75, 3.05) is 33.3 Å². The van der Waals surface area contributed by atoms with Gasteiger partial charge < -0.3 is 9.74 Å². The molecular formula is C12H17N3O2S. The number of nitrogens with zero attached hydrogens (tertiary/aromatic N) is 3. The van der Waals surface area contributed by atoms with E-state index >= 15 is 0 Å². The van der Waals surface area contributed by atoms with Crippen LogP contribution in [0.15, 0.2) is 5.51 Å². The third kappa shape index (κ3) is 2.28. The molecule has 1 amide bonds. The van der Waals surface area contributed by atoms with Crippen molar-refractivity contribution in [2.45, 2.75) is 18.8 Å². The van der Waals surface area contributed by atoms with E-state index in [0.29, 0.717) is 24.7 Å². The smallest absolute Gasteiger partial charge is 0.273 e. The number of hydrogen-bond donors (Lipinski definition) is 0. The van der Waals surface area contributed by atoms with Gasteiger partial charge >= 0.3 is 0 Å². The van der Waals surface area contributed by atoms with Gasteiger partial charge in [-0.1, -0.05) is 0 Å². The van der Waals surface area contributed by atoms with E-state index in [1.165, 1.54) is 17.7 Å². The van der Waals surface area contributed by atoms with Crippen molar-refractivity contribution in [3.63, 3.8) is 0 Å². The standard InChI is InChI=1S/C12H17N3O2S/c1-17-15-6-4-14(5-7-15)12(16)10-11(9-2-3-9)18-8-13-10/h8-9H,2-7H2,1H3. The normalized spacial score (nSPS) is 21.3. The summed E-state index contributed by atoms with van der Waals surface area (Å²) in [6, 6.07) is 0. The SMILES string of the molecule is CON1CCN(C(=O)c2ncsc2C2CC2)CC1. The number of thiazole rings is 1. The molecule has 5 nitrogen and oxygen atoms in total. The van der Waals surface area contributed by atoms with E-state index in [1.807, 2.05) is 9.96 Å². The minimum absolute atomic E-state index is 0.0916. The van der Waals surface area contributed by atoms with Gasteiger partial charge in [0.25, 0.3) is 5.91 Å². The highest BCUT2D eigenvalue weighted by Crippen LogP contribution is 2.43. The fraction of sp³-hybridized carbons (Fsp3) is 0.667. The number of carbonyl (C=O) groups is 1. The first-order valence-electron chi connectivity index (χ1n) is 6.31. The van der Waals surface area contributed by atoms with Crippen LogP contribution in [0.1, 0.15) is 34.1 Å². The molecule has 18 heavy (non-hydrogen) atoms. The molecule has 2 aliphatic rings. The van der Waals surface area contributed by atoms with Gasteiger partial charge in [-0.25, -0.2) is 4.98 Å². The Morgan fingerprint density at radius 3 is 2.72 bits per heavy atom. The maximum atomic E-state index is 12.4. The molecule has 1 aliphatic carbocycles. The molecule has 0 bridgehead atoms. The predicted molar refractivity (Wildman–Crippen MR) is 68.6 cm³/mol. The van der Waals surface area contributed by atoms with Crippen molar-refractivity contribution < 1.29 is 9.63 Å². The van der Waals surface area contributed by atoms with Gasteiger partial charge in [0.2, 0.25) is 0 Å². The lowest BCUT2D eigenvalue weighted by Gasteiger charge is -2.32. The highest BCUT2D eigenvalue weighted by atomic mass is 32.1. The summed E-state index contributed by atoms with van der Waals surface area (Å²) in [5.74, 6) is 0.686. The number of amides is 1. The lowest BCUT2D eigenvalue weighted by atomic mass is 10.2. The van der Waals surface area contributed by atoms with Gasteiger partial charge in [-0.05, 0) is 18.8 Å². The van der Waals surface area contributed by atoms with Gasteiger partial charge in [-0.15, -0.1) is 11.3 Å². The summed E-state index contributed by atoms with van der Waals surface area (Å²) in [6.07, 6.45) is 2.42. The first-order valence-corrected chi connectivity index (χ1v) is 7.19. The highest BCUT2D eigenvalue weighted by Gasteiger charge is 2.32. The second kappa shape index (κ2) is 4.95. The topological polar surface area (TPSA) is 45.7 Å². The summed E-state index contributed by atoms with van der Waals surface area (Å²) in [7, 11) is 1.67. The second-order valence-electron chi connectivity index (χ2n) is 4.74. The summed E-state index contributed by atoms with van der Waals surface area (Å²) >= 11 is 1.62. The Labute approximate surface area is 110 Å². The van der Waals surface area contributed by atoms with Crippen LogP contribution >= 0.6 is 11.3 Å². The zero-order chi connectivity index (χ0) is 12.5. The monoisotopic (exact) mass is 267 g/mol. The minimum Gasteiger partial charge on any atom is -0.335 e. The maximum absolute atomic E-state index is 12.4. The number of aromatic nitrogens is 1. The largest absolute Gasteiger partial charge is 0.335 e. The van der Waals surface area contributed by atoms with E-state index in [4.69, 9.17) is 4.84 Å². The predicted octanol–water partition coefficient (Wildman–Crippen LogP) is 1.34. The number of carbonyl (C=O) groups excluding carboxylic acids is 1. The van der Waals surface area contributed by atoms with E-state index in [-0.39, 0.29) is 5.91 Å². The van der Waals surface area contributed by atoms with Crippen LogP contribution < -0.4 is 0 Å².